The molecule has 0 aromatic heterocycles. The highest BCUT2D eigenvalue weighted by Gasteiger charge is 2.19. The van der Waals surface area contributed by atoms with Crippen LogP contribution in [-0.4, -0.2) is 61.2 Å². The zero-order chi connectivity index (χ0) is 15.1. The summed E-state index contributed by atoms with van der Waals surface area (Å²) in [6, 6.07) is 1.46. The van der Waals surface area contributed by atoms with E-state index in [1.807, 2.05) is 0 Å². The van der Waals surface area contributed by atoms with Gasteiger partial charge in [-0.05, 0) is 84.6 Å². The lowest BCUT2D eigenvalue weighted by Crippen LogP contribution is -2.39. The van der Waals surface area contributed by atoms with Gasteiger partial charge >= 0.3 is 0 Å². The molecule has 0 aromatic rings. The highest BCUT2D eigenvalue weighted by Crippen LogP contribution is 2.14. The molecule has 0 radical (unpaired) electrons. The van der Waals surface area contributed by atoms with Crippen LogP contribution in [0, 0.1) is 5.92 Å². The van der Waals surface area contributed by atoms with Gasteiger partial charge in [0.05, 0.1) is 0 Å². The lowest BCUT2D eigenvalue weighted by atomic mass is 10.1. The minimum absolute atomic E-state index is 0.710. The SMILES string of the molecule is CC(CNC1CCCN(C(C)C)CC1)CN1CCCCC1. The van der Waals surface area contributed by atoms with E-state index in [1.54, 1.807) is 0 Å². The Morgan fingerprint density at radius 2 is 1.67 bits per heavy atom. The van der Waals surface area contributed by atoms with Gasteiger partial charge in [0.1, 0.15) is 0 Å². The number of hydrogen-bond donors (Lipinski definition) is 1. The summed E-state index contributed by atoms with van der Waals surface area (Å²) in [5.41, 5.74) is 0. The lowest BCUT2D eigenvalue weighted by molar-refractivity contribution is 0.196. The molecule has 21 heavy (non-hydrogen) atoms. The molecule has 2 aliphatic rings. The summed E-state index contributed by atoms with van der Waals surface area (Å²) in [6.45, 7) is 14.8. The number of rotatable bonds is 6. The first kappa shape index (κ1) is 17.2. The van der Waals surface area contributed by atoms with Gasteiger partial charge in [0.25, 0.3) is 0 Å². The highest BCUT2D eigenvalue weighted by molar-refractivity contribution is 4.78. The average Bonchev–Trinajstić information content (AvgIpc) is 2.72. The second kappa shape index (κ2) is 9.12. The fraction of sp³-hybridized carbons (Fsp3) is 1.00. The third-order valence-corrected chi connectivity index (χ3v) is 5.27. The van der Waals surface area contributed by atoms with Crippen molar-refractivity contribution in [3.63, 3.8) is 0 Å². The molecule has 0 aliphatic carbocycles. The molecule has 0 spiro atoms. The van der Waals surface area contributed by atoms with E-state index in [0.29, 0.717) is 6.04 Å². The van der Waals surface area contributed by atoms with Crippen LogP contribution in [0.2, 0.25) is 0 Å². The fourth-order valence-electron chi connectivity index (χ4n) is 3.85. The quantitative estimate of drug-likeness (QED) is 0.813. The predicted molar refractivity (Wildman–Crippen MR) is 91.8 cm³/mol. The Bertz CT molecular complexity index is 274. The van der Waals surface area contributed by atoms with Crippen molar-refractivity contribution in [1.82, 2.24) is 15.1 Å². The van der Waals surface area contributed by atoms with Gasteiger partial charge in [0, 0.05) is 18.6 Å². The summed E-state index contributed by atoms with van der Waals surface area (Å²) in [5, 5.41) is 3.86. The maximum absolute atomic E-state index is 3.86. The second-order valence-electron chi connectivity index (χ2n) is 7.63. The molecule has 0 saturated carbocycles. The fourth-order valence-corrected chi connectivity index (χ4v) is 3.85. The number of piperidine rings is 1. The molecule has 2 saturated heterocycles. The van der Waals surface area contributed by atoms with E-state index in [0.717, 1.165) is 12.0 Å². The zero-order valence-corrected chi connectivity index (χ0v) is 14.6. The maximum Gasteiger partial charge on any atom is 0.00798 e. The van der Waals surface area contributed by atoms with Crippen LogP contribution in [-0.2, 0) is 0 Å². The van der Waals surface area contributed by atoms with Crippen LogP contribution in [0.1, 0.15) is 59.3 Å². The normalized spacial score (nSPS) is 27.7. The smallest absolute Gasteiger partial charge is 0.00798 e. The Morgan fingerprint density at radius 3 is 2.38 bits per heavy atom. The molecule has 0 amide bonds. The summed E-state index contributed by atoms with van der Waals surface area (Å²) in [7, 11) is 0. The number of nitrogens with zero attached hydrogens (tertiary/aromatic N) is 2. The Labute approximate surface area is 132 Å². The lowest BCUT2D eigenvalue weighted by Gasteiger charge is -2.30. The molecular formula is C18H37N3. The van der Waals surface area contributed by atoms with Gasteiger partial charge in [0.15, 0.2) is 0 Å². The van der Waals surface area contributed by atoms with Crippen molar-refractivity contribution in [1.29, 1.82) is 0 Å². The molecule has 2 rings (SSSR count). The molecule has 124 valence electrons. The van der Waals surface area contributed by atoms with Crippen LogP contribution < -0.4 is 5.32 Å². The second-order valence-corrected chi connectivity index (χ2v) is 7.63. The Balaban J connectivity index is 1.62. The third kappa shape index (κ3) is 6.25. The third-order valence-electron chi connectivity index (χ3n) is 5.27. The molecular weight excluding hydrogens is 258 g/mol. The molecule has 2 unspecified atom stereocenters. The van der Waals surface area contributed by atoms with Crippen molar-refractivity contribution < 1.29 is 0 Å². The van der Waals surface area contributed by atoms with Gasteiger partial charge < -0.3 is 15.1 Å². The minimum atomic E-state index is 0.710. The molecule has 2 aliphatic heterocycles. The van der Waals surface area contributed by atoms with Crippen LogP contribution in [0.15, 0.2) is 0 Å². The topological polar surface area (TPSA) is 18.5 Å². The van der Waals surface area contributed by atoms with Crippen molar-refractivity contribution in [3.05, 3.63) is 0 Å². The van der Waals surface area contributed by atoms with E-state index < -0.39 is 0 Å². The van der Waals surface area contributed by atoms with Crippen molar-refractivity contribution in [3.8, 4) is 0 Å². The van der Waals surface area contributed by atoms with Gasteiger partial charge in [-0.1, -0.05) is 13.3 Å². The monoisotopic (exact) mass is 295 g/mol. The van der Waals surface area contributed by atoms with Crippen molar-refractivity contribution in [2.45, 2.75) is 71.4 Å². The summed E-state index contributed by atoms with van der Waals surface area (Å²) in [5.74, 6) is 0.785. The van der Waals surface area contributed by atoms with Crippen LogP contribution in [0.25, 0.3) is 0 Å². The Morgan fingerprint density at radius 1 is 0.905 bits per heavy atom. The van der Waals surface area contributed by atoms with Crippen LogP contribution in [0.3, 0.4) is 0 Å². The zero-order valence-electron chi connectivity index (χ0n) is 14.6. The van der Waals surface area contributed by atoms with Gasteiger partial charge in [-0.25, -0.2) is 0 Å². The van der Waals surface area contributed by atoms with E-state index in [9.17, 15) is 0 Å². The number of likely N-dealkylation sites (tertiary alicyclic amines) is 2. The maximum atomic E-state index is 3.86. The van der Waals surface area contributed by atoms with Gasteiger partial charge in [-0.15, -0.1) is 0 Å². The molecule has 2 fully saturated rings. The first-order valence-electron chi connectivity index (χ1n) is 9.35. The molecule has 3 nitrogen and oxygen atoms in total. The number of nitrogens with one attached hydrogen (secondary N) is 1. The highest BCUT2D eigenvalue weighted by atomic mass is 15.2. The molecule has 1 N–H and O–H groups in total. The first-order valence-corrected chi connectivity index (χ1v) is 9.35. The van der Waals surface area contributed by atoms with E-state index in [2.05, 4.69) is 35.9 Å². The molecule has 0 bridgehead atoms. The molecule has 2 heterocycles. The van der Waals surface area contributed by atoms with Crippen LogP contribution in [0.4, 0.5) is 0 Å². The average molecular weight is 296 g/mol. The Hall–Kier alpha value is -0.120. The minimum Gasteiger partial charge on any atom is -0.314 e. The standard InChI is InChI=1S/C18H37N3/c1-16(2)21-12-7-8-18(9-13-21)19-14-17(3)15-20-10-5-4-6-11-20/h16-19H,4-15H2,1-3H3. The molecule has 2 atom stereocenters. The van der Waals surface area contributed by atoms with E-state index in [-0.39, 0.29) is 0 Å². The first-order chi connectivity index (χ1) is 10.1. The summed E-state index contributed by atoms with van der Waals surface area (Å²) in [4.78, 5) is 5.31. The Kier molecular flexibility index (Phi) is 7.48. The van der Waals surface area contributed by atoms with E-state index in [1.165, 1.54) is 77.8 Å². The van der Waals surface area contributed by atoms with Crippen LogP contribution >= 0.6 is 0 Å². The predicted octanol–water partition coefficient (Wildman–Crippen LogP) is 2.96. The van der Waals surface area contributed by atoms with Crippen molar-refractivity contribution in [2.75, 3.05) is 39.3 Å². The van der Waals surface area contributed by atoms with Crippen molar-refractivity contribution in [2.24, 2.45) is 5.92 Å². The van der Waals surface area contributed by atoms with Gasteiger partial charge in [-0.2, -0.15) is 0 Å². The summed E-state index contributed by atoms with van der Waals surface area (Å²) in [6.07, 6.45) is 8.31. The molecule has 3 heteroatoms. The largest absolute Gasteiger partial charge is 0.314 e. The van der Waals surface area contributed by atoms with Gasteiger partial charge in [-0.3, -0.25) is 0 Å². The van der Waals surface area contributed by atoms with E-state index in [4.69, 9.17) is 0 Å². The molecule has 0 aromatic carbocycles. The van der Waals surface area contributed by atoms with Gasteiger partial charge in [0.2, 0.25) is 0 Å². The van der Waals surface area contributed by atoms with Crippen LogP contribution in [0.5, 0.6) is 0 Å². The summed E-state index contributed by atoms with van der Waals surface area (Å²) >= 11 is 0. The van der Waals surface area contributed by atoms with E-state index >= 15 is 0 Å². The number of hydrogen-bond acceptors (Lipinski definition) is 3. The summed E-state index contributed by atoms with van der Waals surface area (Å²) < 4.78 is 0. The van der Waals surface area contributed by atoms with Crippen molar-refractivity contribution >= 4 is 0 Å².